The number of benzene rings is 2. The maximum absolute atomic E-state index is 3.57. The summed E-state index contributed by atoms with van der Waals surface area (Å²) in [6, 6.07) is 22.6. The van der Waals surface area contributed by atoms with E-state index in [1.807, 2.05) is 6.92 Å². The van der Waals surface area contributed by atoms with Crippen LogP contribution in [0.15, 0.2) is 60.7 Å². The van der Waals surface area contributed by atoms with Gasteiger partial charge in [0.1, 0.15) is 0 Å². The maximum Gasteiger partial charge on any atom is 0.198 e. The van der Waals surface area contributed by atoms with Gasteiger partial charge in [-0.2, -0.15) is 0 Å². The zero-order valence-corrected chi connectivity index (χ0v) is 12.0. The molecule has 0 saturated carbocycles. The van der Waals surface area contributed by atoms with Crippen LogP contribution in [-0.2, 0) is 0 Å². The molecule has 0 heterocycles. The van der Waals surface area contributed by atoms with Gasteiger partial charge < -0.3 is 0 Å². The molecule has 0 aromatic heterocycles. The van der Waals surface area contributed by atoms with Gasteiger partial charge in [-0.25, -0.2) is 0 Å². The molecule has 2 aromatic carbocycles. The lowest BCUT2D eigenvalue weighted by atomic mass is 10.4. The third kappa shape index (κ3) is 2.25. The number of rotatable bonds is 3. The Balaban J connectivity index is 2.64. The summed E-state index contributed by atoms with van der Waals surface area (Å²) in [6.45, 7) is 4.21. The van der Waals surface area contributed by atoms with Gasteiger partial charge in [0.25, 0.3) is 0 Å². The Bertz CT molecular complexity index is 507. The molecule has 0 aliphatic heterocycles. The molecule has 18 heavy (non-hydrogen) atoms. The topological polar surface area (TPSA) is 0 Å². The molecule has 0 spiro atoms. The lowest BCUT2D eigenvalue weighted by Gasteiger charge is -2.25. The highest BCUT2D eigenvalue weighted by atomic mass is 28.3. The standard InChI is InChI=1S/C17H18Si/c1-3-15-18(4-2,16-11-7-5-8-12-16)17-13-9-6-10-14-17/h5-14H,4H2,1-2H3. The minimum atomic E-state index is -1.88. The molecule has 0 aliphatic carbocycles. The van der Waals surface area contributed by atoms with Crippen molar-refractivity contribution in [1.29, 1.82) is 0 Å². The Labute approximate surface area is 111 Å². The van der Waals surface area contributed by atoms with E-state index in [-0.39, 0.29) is 0 Å². The monoisotopic (exact) mass is 250 g/mol. The fourth-order valence-corrected chi connectivity index (χ4v) is 6.03. The molecule has 0 radical (unpaired) electrons. The van der Waals surface area contributed by atoms with Crippen LogP contribution in [0.5, 0.6) is 0 Å². The van der Waals surface area contributed by atoms with E-state index >= 15 is 0 Å². The van der Waals surface area contributed by atoms with Crippen LogP contribution in [0, 0.1) is 11.5 Å². The Morgan fingerprint density at radius 2 is 1.28 bits per heavy atom. The van der Waals surface area contributed by atoms with Crippen LogP contribution in [0.2, 0.25) is 6.04 Å². The van der Waals surface area contributed by atoms with Crippen molar-refractivity contribution in [2.45, 2.75) is 19.9 Å². The smallest absolute Gasteiger partial charge is 0.120 e. The van der Waals surface area contributed by atoms with E-state index in [1.54, 1.807) is 0 Å². The Morgan fingerprint density at radius 3 is 1.61 bits per heavy atom. The minimum absolute atomic E-state index is 1.11. The molecule has 2 rings (SSSR count). The molecule has 0 amide bonds. The van der Waals surface area contributed by atoms with E-state index in [4.69, 9.17) is 0 Å². The molecule has 0 bridgehead atoms. The summed E-state index contributed by atoms with van der Waals surface area (Å²) in [5.74, 6) is 3.17. The van der Waals surface area contributed by atoms with E-state index in [1.165, 1.54) is 10.4 Å². The summed E-state index contributed by atoms with van der Waals surface area (Å²) < 4.78 is 0. The Hall–Kier alpha value is -1.78. The SMILES string of the molecule is CC#C[Si](CC)(c1ccccc1)c1ccccc1. The highest BCUT2D eigenvalue weighted by Crippen LogP contribution is 2.10. The van der Waals surface area contributed by atoms with Crippen LogP contribution in [-0.4, -0.2) is 8.07 Å². The fraction of sp³-hybridized carbons (Fsp3) is 0.176. The van der Waals surface area contributed by atoms with E-state index in [9.17, 15) is 0 Å². The van der Waals surface area contributed by atoms with Gasteiger partial charge in [0.2, 0.25) is 0 Å². The Kier molecular flexibility index (Phi) is 4.02. The molecule has 0 aliphatic rings. The third-order valence-corrected chi connectivity index (χ3v) is 7.78. The summed E-state index contributed by atoms with van der Waals surface area (Å²) >= 11 is 0. The van der Waals surface area contributed by atoms with Crippen LogP contribution in [0.25, 0.3) is 0 Å². The molecule has 2 aromatic rings. The third-order valence-electron chi connectivity index (χ3n) is 3.40. The molecule has 1 heteroatoms. The molecule has 0 atom stereocenters. The minimum Gasteiger partial charge on any atom is -0.120 e. The molecule has 0 nitrogen and oxygen atoms in total. The van der Waals surface area contributed by atoms with Gasteiger partial charge in [0.15, 0.2) is 8.07 Å². The van der Waals surface area contributed by atoms with Crippen molar-refractivity contribution in [3.05, 3.63) is 60.7 Å². The van der Waals surface area contributed by atoms with Crippen molar-refractivity contribution in [2.24, 2.45) is 0 Å². The second kappa shape index (κ2) is 5.71. The summed E-state index contributed by atoms with van der Waals surface area (Å²) in [4.78, 5) is 0. The van der Waals surface area contributed by atoms with Crippen molar-refractivity contribution in [3.8, 4) is 11.5 Å². The normalized spacial score (nSPS) is 10.6. The summed E-state index contributed by atoms with van der Waals surface area (Å²) in [6.07, 6.45) is 0. The predicted molar refractivity (Wildman–Crippen MR) is 81.8 cm³/mol. The molecular formula is C17H18Si. The predicted octanol–water partition coefficient (Wildman–Crippen LogP) is 2.83. The maximum atomic E-state index is 3.57. The average molecular weight is 250 g/mol. The van der Waals surface area contributed by atoms with Crippen LogP contribution in [0.3, 0.4) is 0 Å². The molecule has 0 saturated heterocycles. The van der Waals surface area contributed by atoms with Crippen LogP contribution in [0.4, 0.5) is 0 Å². The first-order valence-electron chi connectivity index (χ1n) is 6.38. The van der Waals surface area contributed by atoms with Gasteiger partial charge in [-0.3, -0.25) is 0 Å². The Morgan fingerprint density at radius 1 is 0.833 bits per heavy atom. The van der Waals surface area contributed by atoms with Gasteiger partial charge in [0, 0.05) is 0 Å². The molecule has 0 fully saturated rings. The quantitative estimate of drug-likeness (QED) is 0.580. The largest absolute Gasteiger partial charge is 0.198 e. The van der Waals surface area contributed by atoms with E-state index in [0.29, 0.717) is 0 Å². The van der Waals surface area contributed by atoms with Crippen molar-refractivity contribution in [2.75, 3.05) is 0 Å². The molecule has 0 unspecified atom stereocenters. The zero-order valence-electron chi connectivity index (χ0n) is 11.0. The lowest BCUT2D eigenvalue weighted by Crippen LogP contribution is -2.57. The fourth-order valence-electron chi connectivity index (χ4n) is 2.47. The van der Waals surface area contributed by atoms with Gasteiger partial charge in [-0.15, -0.1) is 11.5 Å². The number of hydrogen-bond donors (Lipinski definition) is 0. The second-order valence-electron chi connectivity index (χ2n) is 4.37. The van der Waals surface area contributed by atoms with E-state index < -0.39 is 8.07 Å². The van der Waals surface area contributed by atoms with E-state index in [0.717, 1.165) is 6.04 Å². The van der Waals surface area contributed by atoms with Gasteiger partial charge in [0.05, 0.1) is 0 Å². The van der Waals surface area contributed by atoms with Crippen molar-refractivity contribution in [3.63, 3.8) is 0 Å². The van der Waals surface area contributed by atoms with Crippen LogP contribution >= 0.6 is 0 Å². The van der Waals surface area contributed by atoms with Gasteiger partial charge >= 0.3 is 0 Å². The van der Waals surface area contributed by atoms with Crippen LogP contribution in [0.1, 0.15) is 13.8 Å². The highest BCUT2D eigenvalue weighted by molar-refractivity contribution is 7.08. The van der Waals surface area contributed by atoms with Gasteiger partial charge in [-0.1, -0.05) is 67.6 Å². The molecular weight excluding hydrogens is 232 g/mol. The zero-order chi connectivity index (χ0) is 12.8. The highest BCUT2D eigenvalue weighted by Gasteiger charge is 2.33. The lowest BCUT2D eigenvalue weighted by molar-refractivity contribution is 1.41. The van der Waals surface area contributed by atoms with Crippen molar-refractivity contribution in [1.82, 2.24) is 0 Å². The summed E-state index contributed by atoms with van der Waals surface area (Å²) in [7, 11) is -1.88. The van der Waals surface area contributed by atoms with E-state index in [2.05, 4.69) is 79.1 Å². The molecule has 0 N–H and O–H groups in total. The first-order valence-corrected chi connectivity index (χ1v) is 8.59. The molecule has 90 valence electrons. The van der Waals surface area contributed by atoms with Crippen LogP contribution < -0.4 is 10.4 Å². The average Bonchev–Trinajstić information content (AvgIpc) is 2.47. The summed E-state index contributed by atoms with van der Waals surface area (Å²) in [5.41, 5.74) is 3.57. The summed E-state index contributed by atoms with van der Waals surface area (Å²) in [5, 5.41) is 2.82. The second-order valence-corrected chi connectivity index (χ2v) is 8.29. The van der Waals surface area contributed by atoms with Crippen molar-refractivity contribution >= 4 is 18.4 Å². The first-order chi connectivity index (χ1) is 8.83. The first kappa shape index (κ1) is 12.7. The number of hydrogen-bond acceptors (Lipinski definition) is 0. The van der Waals surface area contributed by atoms with Gasteiger partial charge in [-0.05, 0) is 23.3 Å². The van der Waals surface area contributed by atoms with Crippen molar-refractivity contribution < 1.29 is 0 Å².